The molecule has 1 aromatic carbocycles. The summed E-state index contributed by atoms with van der Waals surface area (Å²) in [5, 5.41) is 3.48. The Bertz CT molecular complexity index is 399. The first-order chi connectivity index (χ1) is 10.2. The molecule has 1 aliphatic rings. The average molecular weight is 291 g/mol. The van der Waals surface area contributed by atoms with Crippen molar-refractivity contribution in [1.82, 2.24) is 10.2 Å². The zero-order valence-corrected chi connectivity index (χ0v) is 13.6. The molecule has 1 saturated heterocycles. The van der Waals surface area contributed by atoms with Crippen molar-refractivity contribution in [3.8, 4) is 5.75 Å². The van der Waals surface area contributed by atoms with E-state index in [4.69, 9.17) is 4.74 Å². The predicted octanol–water partition coefficient (Wildman–Crippen LogP) is 2.21. The van der Waals surface area contributed by atoms with E-state index in [0.29, 0.717) is 6.04 Å². The van der Waals surface area contributed by atoms with Crippen LogP contribution in [0.5, 0.6) is 5.75 Å². The Morgan fingerprint density at radius 2 is 1.81 bits per heavy atom. The lowest BCUT2D eigenvalue weighted by atomic mass is 10.2. The van der Waals surface area contributed by atoms with Crippen LogP contribution in [0.3, 0.4) is 0 Å². The smallest absolute Gasteiger partial charge is 0.119 e. The van der Waals surface area contributed by atoms with Gasteiger partial charge < -0.3 is 15.0 Å². The maximum atomic E-state index is 5.22. The van der Waals surface area contributed by atoms with Gasteiger partial charge >= 0.3 is 0 Å². The molecule has 0 saturated carbocycles. The normalized spacial score (nSPS) is 17.8. The molecule has 2 rings (SSSR count). The second-order valence-corrected chi connectivity index (χ2v) is 5.77. The van der Waals surface area contributed by atoms with Gasteiger partial charge in [0.15, 0.2) is 0 Å². The molecule has 4 nitrogen and oxygen atoms in total. The maximum absolute atomic E-state index is 5.22. The van der Waals surface area contributed by atoms with E-state index in [-0.39, 0.29) is 0 Å². The zero-order valence-electron chi connectivity index (χ0n) is 13.6. The molecule has 21 heavy (non-hydrogen) atoms. The van der Waals surface area contributed by atoms with Crippen LogP contribution in [-0.4, -0.2) is 57.3 Å². The minimum absolute atomic E-state index is 0.620. The summed E-state index contributed by atoms with van der Waals surface area (Å²) in [6.45, 7) is 11.2. The van der Waals surface area contributed by atoms with Crippen molar-refractivity contribution >= 4 is 5.69 Å². The number of nitrogens with zero attached hydrogens (tertiary/aromatic N) is 2. The number of hydrogen-bond acceptors (Lipinski definition) is 4. The summed E-state index contributed by atoms with van der Waals surface area (Å²) in [5.74, 6) is 0.926. The van der Waals surface area contributed by atoms with Crippen molar-refractivity contribution in [2.45, 2.75) is 26.3 Å². The third kappa shape index (κ3) is 4.90. The fraction of sp³-hybridized carbons (Fsp3) is 0.647. The fourth-order valence-electron chi connectivity index (χ4n) is 2.85. The Morgan fingerprint density at radius 1 is 1.14 bits per heavy atom. The Hall–Kier alpha value is -1.26. The summed E-state index contributed by atoms with van der Waals surface area (Å²) in [7, 11) is 1.71. The molecule has 0 spiro atoms. The van der Waals surface area contributed by atoms with Gasteiger partial charge in [-0.05, 0) is 50.7 Å². The van der Waals surface area contributed by atoms with Gasteiger partial charge in [0.25, 0.3) is 0 Å². The van der Waals surface area contributed by atoms with Crippen LogP contribution in [0.1, 0.15) is 20.3 Å². The lowest BCUT2D eigenvalue weighted by Crippen LogP contribution is -2.47. The van der Waals surface area contributed by atoms with Gasteiger partial charge in [-0.15, -0.1) is 0 Å². The van der Waals surface area contributed by atoms with E-state index in [0.717, 1.165) is 38.5 Å². The van der Waals surface area contributed by atoms with Gasteiger partial charge in [-0.25, -0.2) is 0 Å². The van der Waals surface area contributed by atoms with E-state index in [2.05, 4.69) is 41.1 Å². The highest BCUT2D eigenvalue weighted by Crippen LogP contribution is 2.20. The van der Waals surface area contributed by atoms with Gasteiger partial charge in [-0.2, -0.15) is 0 Å². The van der Waals surface area contributed by atoms with Gasteiger partial charge in [0.1, 0.15) is 5.75 Å². The van der Waals surface area contributed by atoms with E-state index < -0.39 is 0 Å². The SMILES string of the molecule is CCNC(C)CCN1CCN(c2ccc(OC)cc2)CC1. The van der Waals surface area contributed by atoms with E-state index >= 15 is 0 Å². The van der Waals surface area contributed by atoms with Crippen LogP contribution in [-0.2, 0) is 0 Å². The molecule has 1 aromatic rings. The standard InChI is InChI=1S/C17H29N3O/c1-4-18-15(2)9-10-19-11-13-20(14-12-19)16-5-7-17(21-3)8-6-16/h5-8,15,18H,4,9-14H2,1-3H3. The van der Waals surface area contributed by atoms with Crippen molar-refractivity contribution in [3.63, 3.8) is 0 Å². The minimum Gasteiger partial charge on any atom is -0.497 e. The quantitative estimate of drug-likeness (QED) is 0.833. The Morgan fingerprint density at radius 3 is 2.38 bits per heavy atom. The van der Waals surface area contributed by atoms with Crippen LogP contribution in [0.4, 0.5) is 5.69 Å². The van der Waals surface area contributed by atoms with Crippen LogP contribution in [0, 0.1) is 0 Å². The van der Waals surface area contributed by atoms with Gasteiger partial charge in [-0.1, -0.05) is 6.92 Å². The summed E-state index contributed by atoms with van der Waals surface area (Å²) < 4.78 is 5.22. The van der Waals surface area contributed by atoms with E-state index in [9.17, 15) is 0 Å². The number of piperazine rings is 1. The average Bonchev–Trinajstić information content (AvgIpc) is 2.54. The summed E-state index contributed by atoms with van der Waals surface area (Å²) in [4.78, 5) is 5.04. The van der Waals surface area contributed by atoms with E-state index in [1.807, 2.05) is 12.1 Å². The molecule has 0 aliphatic carbocycles. The van der Waals surface area contributed by atoms with Crippen LogP contribution in [0.25, 0.3) is 0 Å². The van der Waals surface area contributed by atoms with Gasteiger partial charge in [-0.3, -0.25) is 4.90 Å². The second kappa shape index (κ2) is 8.25. The topological polar surface area (TPSA) is 27.7 Å². The molecule has 0 amide bonds. The van der Waals surface area contributed by atoms with Gasteiger partial charge in [0, 0.05) is 37.9 Å². The summed E-state index contributed by atoms with van der Waals surface area (Å²) in [5.41, 5.74) is 1.30. The molecule has 4 heteroatoms. The first-order valence-electron chi connectivity index (χ1n) is 8.07. The molecule has 0 radical (unpaired) electrons. The number of anilines is 1. The van der Waals surface area contributed by atoms with Crippen LogP contribution in [0.2, 0.25) is 0 Å². The number of rotatable bonds is 7. The monoisotopic (exact) mass is 291 g/mol. The molecule has 1 unspecified atom stereocenters. The Balaban J connectivity index is 1.74. The third-order valence-corrected chi connectivity index (χ3v) is 4.24. The van der Waals surface area contributed by atoms with Crippen molar-refractivity contribution < 1.29 is 4.74 Å². The number of ether oxygens (including phenoxy) is 1. The first kappa shape index (κ1) is 16.1. The molecular weight excluding hydrogens is 262 g/mol. The molecule has 1 heterocycles. The second-order valence-electron chi connectivity index (χ2n) is 5.77. The lowest BCUT2D eigenvalue weighted by molar-refractivity contribution is 0.245. The van der Waals surface area contributed by atoms with Gasteiger partial charge in [0.05, 0.1) is 7.11 Å². The molecule has 1 aliphatic heterocycles. The van der Waals surface area contributed by atoms with Crippen LogP contribution < -0.4 is 15.0 Å². The molecule has 0 aromatic heterocycles. The number of hydrogen-bond donors (Lipinski definition) is 1. The molecule has 1 N–H and O–H groups in total. The summed E-state index contributed by atoms with van der Waals surface area (Å²) in [6, 6.07) is 9.01. The van der Waals surface area contributed by atoms with E-state index in [1.54, 1.807) is 7.11 Å². The molecule has 118 valence electrons. The maximum Gasteiger partial charge on any atom is 0.119 e. The van der Waals surface area contributed by atoms with Crippen molar-refractivity contribution in [2.24, 2.45) is 0 Å². The minimum atomic E-state index is 0.620. The molecular formula is C17H29N3O. The highest BCUT2D eigenvalue weighted by Gasteiger charge is 2.17. The van der Waals surface area contributed by atoms with E-state index in [1.165, 1.54) is 18.7 Å². The van der Waals surface area contributed by atoms with Crippen molar-refractivity contribution in [3.05, 3.63) is 24.3 Å². The Labute approximate surface area is 129 Å². The van der Waals surface area contributed by atoms with Crippen molar-refractivity contribution in [2.75, 3.05) is 51.3 Å². The first-order valence-corrected chi connectivity index (χ1v) is 8.07. The molecule has 1 fully saturated rings. The Kier molecular flexibility index (Phi) is 6.33. The third-order valence-electron chi connectivity index (χ3n) is 4.24. The van der Waals surface area contributed by atoms with Crippen LogP contribution in [0.15, 0.2) is 24.3 Å². The van der Waals surface area contributed by atoms with Gasteiger partial charge in [0.2, 0.25) is 0 Å². The summed E-state index contributed by atoms with van der Waals surface area (Å²) >= 11 is 0. The predicted molar refractivity (Wildman–Crippen MR) is 89.4 cm³/mol. The largest absolute Gasteiger partial charge is 0.497 e. The number of nitrogens with one attached hydrogen (secondary N) is 1. The lowest BCUT2D eigenvalue weighted by Gasteiger charge is -2.36. The highest BCUT2D eigenvalue weighted by molar-refractivity contribution is 5.49. The highest BCUT2D eigenvalue weighted by atomic mass is 16.5. The zero-order chi connectivity index (χ0) is 15.1. The molecule has 1 atom stereocenters. The fourth-order valence-corrected chi connectivity index (χ4v) is 2.85. The molecule has 0 bridgehead atoms. The number of benzene rings is 1. The number of methoxy groups -OCH3 is 1. The van der Waals surface area contributed by atoms with Crippen molar-refractivity contribution in [1.29, 1.82) is 0 Å². The van der Waals surface area contributed by atoms with Crippen LogP contribution >= 0.6 is 0 Å². The summed E-state index contributed by atoms with van der Waals surface area (Å²) in [6.07, 6.45) is 1.23.